The van der Waals surface area contributed by atoms with Crippen molar-refractivity contribution in [3.63, 3.8) is 0 Å². The van der Waals surface area contributed by atoms with Gasteiger partial charge in [-0.15, -0.1) is 11.3 Å². The molecule has 0 atom stereocenters. The Morgan fingerprint density at radius 2 is 2.47 bits per heavy atom. The van der Waals surface area contributed by atoms with Gasteiger partial charge >= 0.3 is 5.97 Å². The highest BCUT2D eigenvalue weighted by Crippen LogP contribution is 2.25. The average Bonchev–Trinajstić information content (AvgIpc) is 2.64. The zero-order chi connectivity index (χ0) is 11.3. The molecule has 0 aliphatic carbocycles. The quantitative estimate of drug-likeness (QED) is 0.369. The molecule has 0 bridgehead atoms. The fraction of sp³-hybridized carbons (Fsp3) is 0.125. The number of carboxylic acids is 1. The highest BCUT2D eigenvalue weighted by molar-refractivity contribution is 7.08. The number of nitrogens with zero attached hydrogens (tertiary/aromatic N) is 3. The van der Waals surface area contributed by atoms with Gasteiger partial charge in [-0.1, -0.05) is 5.11 Å². The molecule has 15 heavy (non-hydrogen) atoms. The third-order valence-electron chi connectivity index (χ3n) is 1.54. The van der Waals surface area contributed by atoms with Gasteiger partial charge in [0.1, 0.15) is 11.4 Å². The number of azide groups is 1. The van der Waals surface area contributed by atoms with E-state index in [4.69, 9.17) is 15.4 Å². The van der Waals surface area contributed by atoms with Crippen molar-refractivity contribution in [3.8, 4) is 5.75 Å². The number of thiophene rings is 1. The van der Waals surface area contributed by atoms with Crippen LogP contribution in [0.2, 0.25) is 0 Å². The van der Waals surface area contributed by atoms with Crippen molar-refractivity contribution in [2.45, 2.75) is 0 Å². The molecule has 7 heteroatoms. The molecule has 0 aliphatic heterocycles. The SMILES string of the molecule is COc1cscc1/C=C(/N=[N+]=[N-])C(=O)O. The number of aliphatic carboxylic acids is 1. The van der Waals surface area contributed by atoms with Gasteiger partial charge in [0, 0.05) is 21.2 Å². The Kier molecular flexibility index (Phi) is 3.73. The van der Waals surface area contributed by atoms with E-state index in [1.54, 1.807) is 10.8 Å². The van der Waals surface area contributed by atoms with Gasteiger partial charge in [0.05, 0.1) is 7.11 Å². The van der Waals surface area contributed by atoms with E-state index in [-0.39, 0.29) is 5.70 Å². The average molecular weight is 225 g/mol. The number of hydrogen-bond donors (Lipinski definition) is 1. The summed E-state index contributed by atoms with van der Waals surface area (Å²) >= 11 is 1.37. The first-order valence-corrected chi connectivity index (χ1v) is 4.73. The number of carbonyl (C=O) groups is 1. The summed E-state index contributed by atoms with van der Waals surface area (Å²) in [6.07, 6.45) is 1.26. The molecule has 1 heterocycles. The molecule has 0 spiro atoms. The van der Waals surface area contributed by atoms with Gasteiger partial charge in [0.2, 0.25) is 0 Å². The predicted molar refractivity (Wildman–Crippen MR) is 55.6 cm³/mol. The Morgan fingerprint density at radius 3 is 3.00 bits per heavy atom. The lowest BCUT2D eigenvalue weighted by Gasteiger charge is -1.97. The molecule has 0 fully saturated rings. The Labute approximate surface area is 89.0 Å². The Balaban J connectivity index is 3.12. The van der Waals surface area contributed by atoms with Crippen LogP contribution in [0.1, 0.15) is 5.56 Å². The normalized spacial score (nSPS) is 10.6. The summed E-state index contributed by atoms with van der Waals surface area (Å²) < 4.78 is 4.98. The third-order valence-corrected chi connectivity index (χ3v) is 2.28. The minimum absolute atomic E-state index is 0.366. The van der Waals surface area contributed by atoms with E-state index in [1.807, 2.05) is 0 Å². The number of ether oxygens (including phenoxy) is 1. The van der Waals surface area contributed by atoms with E-state index in [0.717, 1.165) is 0 Å². The van der Waals surface area contributed by atoms with E-state index in [2.05, 4.69) is 10.0 Å². The molecule has 0 saturated carbocycles. The van der Waals surface area contributed by atoms with E-state index < -0.39 is 5.97 Å². The second-order valence-electron chi connectivity index (χ2n) is 2.42. The van der Waals surface area contributed by atoms with E-state index in [0.29, 0.717) is 11.3 Å². The molecule has 0 aromatic carbocycles. The van der Waals surface area contributed by atoms with Crippen LogP contribution in [-0.4, -0.2) is 18.2 Å². The first-order chi connectivity index (χ1) is 7.19. The molecule has 1 N–H and O–H groups in total. The minimum Gasteiger partial charge on any atom is -0.495 e. The summed E-state index contributed by atoms with van der Waals surface area (Å²) in [6, 6.07) is 0. The van der Waals surface area contributed by atoms with Gasteiger partial charge in [-0.2, -0.15) is 0 Å². The van der Waals surface area contributed by atoms with E-state index in [1.165, 1.54) is 24.5 Å². The first-order valence-electron chi connectivity index (χ1n) is 3.79. The molecular formula is C8H7N3O3S. The number of hydrogen-bond acceptors (Lipinski definition) is 4. The Morgan fingerprint density at radius 1 is 1.73 bits per heavy atom. The highest BCUT2D eigenvalue weighted by atomic mass is 32.1. The number of rotatable bonds is 4. The van der Waals surface area contributed by atoms with Gasteiger partial charge in [0.25, 0.3) is 0 Å². The van der Waals surface area contributed by atoms with Crippen molar-refractivity contribution >= 4 is 23.4 Å². The fourth-order valence-electron chi connectivity index (χ4n) is 0.895. The van der Waals surface area contributed by atoms with Crippen molar-refractivity contribution < 1.29 is 14.6 Å². The summed E-state index contributed by atoms with van der Waals surface area (Å²) in [5.74, 6) is -0.729. The zero-order valence-electron chi connectivity index (χ0n) is 7.75. The summed E-state index contributed by atoms with van der Waals surface area (Å²) in [5.41, 5.74) is 8.38. The van der Waals surface area contributed by atoms with Crippen LogP contribution in [0.15, 0.2) is 21.6 Å². The van der Waals surface area contributed by atoms with E-state index in [9.17, 15) is 4.79 Å². The van der Waals surface area contributed by atoms with Crippen LogP contribution < -0.4 is 4.74 Å². The molecule has 0 unspecified atom stereocenters. The summed E-state index contributed by atoms with van der Waals surface area (Å²) in [4.78, 5) is 13.1. The van der Waals surface area contributed by atoms with Crippen molar-refractivity contribution in [1.82, 2.24) is 0 Å². The maximum absolute atomic E-state index is 10.6. The summed E-state index contributed by atoms with van der Waals surface area (Å²) in [6.45, 7) is 0. The molecule has 0 aliphatic rings. The van der Waals surface area contributed by atoms with Crippen LogP contribution in [0.25, 0.3) is 16.5 Å². The van der Waals surface area contributed by atoms with Gasteiger partial charge in [-0.05, 0) is 11.6 Å². The first kappa shape index (κ1) is 11.1. The summed E-state index contributed by atoms with van der Waals surface area (Å²) in [7, 11) is 1.48. The lowest BCUT2D eigenvalue weighted by molar-refractivity contribution is -0.132. The maximum atomic E-state index is 10.6. The van der Waals surface area contributed by atoms with Crippen molar-refractivity contribution in [2.24, 2.45) is 5.11 Å². The monoisotopic (exact) mass is 225 g/mol. The van der Waals surface area contributed by atoms with Crippen molar-refractivity contribution in [2.75, 3.05) is 7.11 Å². The van der Waals surface area contributed by atoms with Crippen LogP contribution in [0, 0.1) is 0 Å². The third kappa shape index (κ3) is 2.73. The topological polar surface area (TPSA) is 95.3 Å². The molecule has 6 nitrogen and oxygen atoms in total. The lowest BCUT2D eigenvalue weighted by atomic mass is 10.2. The Hall–Kier alpha value is -1.98. The second-order valence-corrected chi connectivity index (χ2v) is 3.16. The van der Waals surface area contributed by atoms with Crippen LogP contribution in [0.3, 0.4) is 0 Å². The zero-order valence-corrected chi connectivity index (χ0v) is 8.56. The molecule has 1 aromatic rings. The van der Waals surface area contributed by atoms with Gasteiger partial charge in [-0.25, -0.2) is 4.79 Å². The number of carboxylic acid groups (broad SMARTS) is 1. The highest BCUT2D eigenvalue weighted by Gasteiger charge is 2.07. The molecule has 1 aromatic heterocycles. The number of methoxy groups -OCH3 is 1. The molecule has 0 radical (unpaired) electrons. The minimum atomic E-state index is -1.28. The largest absolute Gasteiger partial charge is 0.495 e. The van der Waals surface area contributed by atoms with Crippen molar-refractivity contribution in [1.29, 1.82) is 0 Å². The smallest absolute Gasteiger partial charge is 0.338 e. The van der Waals surface area contributed by atoms with Crippen LogP contribution >= 0.6 is 11.3 Å². The molecule has 0 saturated heterocycles. The second kappa shape index (κ2) is 5.04. The lowest BCUT2D eigenvalue weighted by Crippen LogP contribution is -1.96. The molecule has 1 rings (SSSR count). The predicted octanol–water partition coefficient (Wildman–Crippen LogP) is 2.49. The van der Waals surface area contributed by atoms with Gasteiger partial charge in [0.15, 0.2) is 0 Å². The van der Waals surface area contributed by atoms with Crippen molar-refractivity contribution in [3.05, 3.63) is 32.5 Å². The van der Waals surface area contributed by atoms with Gasteiger partial charge in [-0.3, -0.25) is 0 Å². The Bertz CT molecular complexity index is 442. The van der Waals surface area contributed by atoms with E-state index >= 15 is 0 Å². The molecule has 78 valence electrons. The maximum Gasteiger partial charge on any atom is 0.338 e. The fourth-order valence-corrected chi connectivity index (χ4v) is 1.65. The summed E-state index contributed by atoms with van der Waals surface area (Å²) in [5, 5.41) is 15.2. The van der Waals surface area contributed by atoms with Gasteiger partial charge < -0.3 is 9.84 Å². The molecular weight excluding hydrogens is 218 g/mol. The molecule has 0 amide bonds. The van der Waals surface area contributed by atoms with Crippen LogP contribution in [0.4, 0.5) is 0 Å². The van der Waals surface area contributed by atoms with Crippen LogP contribution in [-0.2, 0) is 4.79 Å². The standard InChI is InChI=1S/C8H7N3O3S/c1-14-7-4-15-3-5(7)2-6(8(12)13)10-11-9/h2-4H,1H3,(H,12,13)/b6-2+. The van der Waals surface area contributed by atoms with Crippen LogP contribution in [0.5, 0.6) is 5.75 Å².